The van der Waals surface area contributed by atoms with Gasteiger partial charge in [0.2, 0.25) is 0 Å². The summed E-state index contributed by atoms with van der Waals surface area (Å²) in [5, 5.41) is 12.3. The summed E-state index contributed by atoms with van der Waals surface area (Å²) in [6.45, 7) is 7.76. The van der Waals surface area contributed by atoms with E-state index in [1.54, 1.807) is 14.0 Å². The van der Waals surface area contributed by atoms with E-state index >= 15 is 0 Å². The first-order valence-corrected chi connectivity index (χ1v) is 4.92. The first-order chi connectivity index (χ1) is 5.98. The third-order valence-corrected chi connectivity index (χ3v) is 2.20. The van der Waals surface area contributed by atoms with Gasteiger partial charge in [-0.25, -0.2) is 0 Å². The van der Waals surface area contributed by atoms with E-state index in [9.17, 15) is 0 Å². The Labute approximate surface area is 81.5 Å². The highest BCUT2D eigenvalue weighted by Crippen LogP contribution is 2.11. The Hall–Kier alpha value is -0.120. The number of hydrogen-bond acceptors (Lipinski definition) is 3. The molecule has 1 unspecified atom stereocenters. The maximum Gasteiger partial charge on any atom is 0.0634 e. The molecule has 0 aromatic carbocycles. The molecule has 1 atom stereocenters. The number of aliphatic hydroxyl groups excluding tert-OH is 1. The van der Waals surface area contributed by atoms with Crippen LogP contribution in [0.3, 0.4) is 0 Å². The molecule has 80 valence electrons. The second kappa shape index (κ2) is 6.35. The molecule has 0 spiro atoms. The molecule has 13 heavy (non-hydrogen) atoms. The summed E-state index contributed by atoms with van der Waals surface area (Å²) >= 11 is 0. The van der Waals surface area contributed by atoms with Crippen molar-refractivity contribution in [2.45, 2.75) is 45.3 Å². The van der Waals surface area contributed by atoms with E-state index in [2.05, 4.69) is 19.2 Å². The molecule has 0 saturated heterocycles. The number of ether oxygens (including phenoxy) is 1. The molecule has 0 fully saturated rings. The zero-order chi connectivity index (χ0) is 10.3. The van der Waals surface area contributed by atoms with Crippen molar-refractivity contribution >= 4 is 0 Å². The number of aliphatic hydroxyl groups is 1. The van der Waals surface area contributed by atoms with Gasteiger partial charge in [-0.3, -0.25) is 0 Å². The summed E-state index contributed by atoms with van der Waals surface area (Å²) in [4.78, 5) is 0. The summed E-state index contributed by atoms with van der Waals surface area (Å²) in [6, 6.07) is 0. The highest BCUT2D eigenvalue weighted by molar-refractivity contribution is 4.68. The van der Waals surface area contributed by atoms with E-state index in [0.29, 0.717) is 0 Å². The smallest absolute Gasteiger partial charge is 0.0634 e. The molecule has 3 heteroatoms. The van der Waals surface area contributed by atoms with Crippen molar-refractivity contribution in [2.24, 2.45) is 0 Å². The average Bonchev–Trinajstić information content (AvgIpc) is 2.03. The summed E-state index contributed by atoms with van der Waals surface area (Å²) in [5.74, 6) is 0. The molecular weight excluding hydrogens is 166 g/mol. The van der Waals surface area contributed by atoms with E-state index in [1.807, 2.05) is 0 Å². The topological polar surface area (TPSA) is 41.5 Å². The van der Waals surface area contributed by atoms with E-state index in [-0.39, 0.29) is 11.7 Å². The fourth-order valence-electron chi connectivity index (χ4n) is 0.927. The third kappa shape index (κ3) is 8.22. The highest BCUT2D eigenvalue weighted by Gasteiger charge is 2.14. The van der Waals surface area contributed by atoms with Gasteiger partial charge in [-0.05, 0) is 46.7 Å². The van der Waals surface area contributed by atoms with Crippen molar-refractivity contribution < 1.29 is 9.84 Å². The zero-order valence-corrected chi connectivity index (χ0v) is 9.26. The van der Waals surface area contributed by atoms with Crippen LogP contribution < -0.4 is 5.32 Å². The van der Waals surface area contributed by atoms with E-state index in [4.69, 9.17) is 9.84 Å². The van der Waals surface area contributed by atoms with Gasteiger partial charge in [0, 0.05) is 7.11 Å². The average molecular weight is 189 g/mol. The summed E-state index contributed by atoms with van der Waals surface area (Å²) in [6.07, 6.45) is 1.60. The van der Waals surface area contributed by atoms with Gasteiger partial charge in [-0.15, -0.1) is 0 Å². The van der Waals surface area contributed by atoms with Crippen molar-refractivity contribution in [3.63, 3.8) is 0 Å². The molecule has 0 aliphatic heterocycles. The Morgan fingerprint density at radius 1 is 1.38 bits per heavy atom. The standard InChI is InChI=1S/C10H23NO2/c1-9(12)5-7-11-8-6-10(2,3)13-4/h9,11-12H,5-8H2,1-4H3. The molecule has 0 aliphatic carbocycles. The van der Waals surface area contributed by atoms with Crippen molar-refractivity contribution in [3.05, 3.63) is 0 Å². The van der Waals surface area contributed by atoms with Crippen molar-refractivity contribution in [1.29, 1.82) is 0 Å². The normalized spacial score (nSPS) is 14.5. The van der Waals surface area contributed by atoms with Crippen LogP contribution in [0.1, 0.15) is 33.6 Å². The molecule has 0 heterocycles. The largest absolute Gasteiger partial charge is 0.393 e. The zero-order valence-electron chi connectivity index (χ0n) is 9.26. The summed E-state index contributed by atoms with van der Waals surface area (Å²) in [5.41, 5.74) is -0.0438. The van der Waals surface area contributed by atoms with Gasteiger partial charge in [-0.1, -0.05) is 0 Å². The number of rotatable bonds is 7. The van der Waals surface area contributed by atoms with Crippen molar-refractivity contribution in [2.75, 3.05) is 20.2 Å². The fourth-order valence-corrected chi connectivity index (χ4v) is 0.927. The van der Waals surface area contributed by atoms with Gasteiger partial charge in [0.05, 0.1) is 11.7 Å². The molecular formula is C10H23NO2. The van der Waals surface area contributed by atoms with Gasteiger partial charge in [0.25, 0.3) is 0 Å². The Morgan fingerprint density at radius 3 is 2.46 bits per heavy atom. The van der Waals surface area contributed by atoms with E-state index in [0.717, 1.165) is 25.9 Å². The minimum absolute atomic E-state index is 0.0438. The first-order valence-electron chi connectivity index (χ1n) is 4.92. The number of methoxy groups -OCH3 is 1. The van der Waals surface area contributed by atoms with Gasteiger partial charge in [0.15, 0.2) is 0 Å². The molecule has 0 aromatic rings. The van der Waals surface area contributed by atoms with Crippen molar-refractivity contribution in [1.82, 2.24) is 5.32 Å². The fraction of sp³-hybridized carbons (Fsp3) is 1.00. The molecule has 0 aliphatic rings. The van der Waals surface area contributed by atoms with Crippen LogP contribution in [0.2, 0.25) is 0 Å². The molecule has 0 saturated carbocycles. The molecule has 0 bridgehead atoms. The van der Waals surface area contributed by atoms with Crippen LogP contribution in [0.5, 0.6) is 0 Å². The van der Waals surface area contributed by atoms with Crippen LogP contribution in [0.4, 0.5) is 0 Å². The van der Waals surface area contributed by atoms with Crippen LogP contribution in [0.15, 0.2) is 0 Å². The predicted octanol–water partition coefficient (Wildman–Crippen LogP) is 1.16. The molecule has 0 rings (SSSR count). The summed E-state index contributed by atoms with van der Waals surface area (Å²) < 4.78 is 5.28. The molecule has 2 N–H and O–H groups in total. The SMILES string of the molecule is COC(C)(C)CCNCCC(C)O. The lowest BCUT2D eigenvalue weighted by atomic mass is 10.1. The lowest BCUT2D eigenvalue weighted by molar-refractivity contribution is 0.0158. The number of hydrogen-bond donors (Lipinski definition) is 2. The maximum absolute atomic E-state index is 8.99. The minimum Gasteiger partial charge on any atom is -0.393 e. The van der Waals surface area contributed by atoms with Crippen LogP contribution in [0.25, 0.3) is 0 Å². The van der Waals surface area contributed by atoms with Crippen LogP contribution in [-0.2, 0) is 4.74 Å². The van der Waals surface area contributed by atoms with Gasteiger partial charge >= 0.3 is 0 Å². The summed E-state index contributed by atoms with van der Waals surface area (Å²) in [7, 11) is 1.73. The predicted molar refractivity (Wildman–Crippen MR) is 54.9 cm³/mol. The lowest BCUT2D eigenvalue weighted by Gasteiger charge is -2.22. The molecule has 0 aromatic heterocycles. The molecule has 0 radical (unpaired) electrons. The maximum atomic E-state index is 8.99. The van der Waals surface area contributed by atoms with Crippen LogP contribution >= 0.6 is 0 Å². The Balaban J connectivity index is 3.26. The Morgan fingerprint density at radius 2 is 2.00 bits per heavy atom. The first kappa shape index (κ1) is 12.9. The minimum atomic E-state index is -0.206. The van der Waals surface area contributed by atoms with Crippen LogP contribution in [-0.4, -0.2) is 37.0 Å². The van der Waals surface area contributed by atoms with Gasteiger partial charge in [0.1, 0.15) is 0 Å². The monoisotopic (exact) mass is 189 g/mol. The van der Waals surface area contributed by atoms with E-state index in [1.165, 1.54) is 0 Å². The molecule has 0 amide bonds. The Kier molecular flexibility index (Phi) is 6.29. The van der Waals surface area contributed by atoms with Crippen molar-refractivity contribution in [3.8, 4) is 0 Å². The van der Waals surface area contributed by atoms with Gasteiger partial charge < -0.3 is 15.2 Å². The highest BCUT2D eigenvalue weighted by atomic mass is 16.5. The lowest BCUT2D eigenvalue weighted by Crippen LogP contribution is -2.30. The van der Waals surface area contributed by atoms with Gasteiger partial charge in [-0.2, -0.15) is 0 Å². The third-order valence-electron chi connectivity index (χ3n) is 2.20. The quantitative estimate of drug-likeness (QED) is 0.591. The molecule has 3 nitrogen and oxygen atoms in total. The second-order valence-electron chi connectivity index (χ2n) is 4.10. The van der Waals surface area contributed by atoms with Crippen LogP contribution in [0, 0.1) is 0 Å². The van der Waals surface area contributed by atoms with E-state index < -0.39 is 0 Å². The Bertz CT molecular complexity index is 124. The number of nitrogens with one attached hydrogen (secondary N) is 1. The second-order valence-corrected chi connectivity index (χ2v) is 4.10.